The molecule has 2 aromatic rings. The predicted octanol–water partition coefficient (Wildman–Crippen LogP) is 1.96. The molecule has 1 aliphatic carbocycles. The third kappa shape index (κ3) is 1.76. The fraction of sp³-hybridized carbons (Fsp3) is 0. The second kappa shape index (κ2) is 4.31. The van der Waals surface area contributed by atoms with Gasteiger partial charge in [-0.05, 0) is 24.3 Å². The molecule has 0 radical (unpaired) electrons. The molecule has 1 aliphatic rings. The Morgan fingerprint density at radius 3 is 2.60 bits per heavy atom. The summed E-state index contributed by atoms with van der Waals surface area (Å²) in [7, 11) is 0. The van der Waals surface area contributed by atoms with Gasteiger partial charge in [-0.3, -0.25) is 9.59 Å². The number of aromatic amines is 1. The Hall–Kier alpha value is -2.95. The summed E-state index contributed by atoms with van der Waals surface area (Å²) in [4.78, 5) is 37.5. The number of carboxylic acids is 1. The molecular weight excluding hydrogens is 258 g/mol. The number of carbonyl (C=O) groups excluding carboxylic acids is 2. The van der Waals surface area contributed by atoms with E-state index in [2.05, 4.69) is 4.98 Å². The first-order valence-electron chi connectivity index (χ1n) is 5.90. The second-order valence-corrected chi connectivity index (χ2v) is 4.38. The molecule has 0 fully saturated rings. The van der Waals surface area contributed by atoms with Gasteiger partial charge in [-0.25, -0.2) is 4.79 Å². The van der Waals surface area contributed by atoms with E-state index in [0.717, 1.165) is 6.08 Å². The molecule has 1 heterocycles. The van der Waals surface area contributed by atoms with Crippen LogP contribution in [0, 0.1) is 0 Å². The summed E-state index contributed by atoms with van der Waals surface area (Å²) >= 11 is 0. The highest BCUT2D eigenvalue weighted by atomic mass is 16.4. The Kier molecular flexibility index (Phi) is 2.61. The van der Waals surface area contributed by atoms with Gasteiger partial charge in [-0.15, -0.1) is 0 Å². The van der Waals surface area contributed by atoms with Crippen molar-refractivity contribution >= 4 is 34.0 Å². The highest BCUT2D eigenvalue weighted by molar-refractivity contribution is 6.36. The molecule has 20 heavy (non-hydrogen) atoms. The summed E-state index contributed by atoms with van der Waals surface area (Å²) in [5.41, 5.74) is 0.882. The zero-order valence-corrected chi connectivity index (χ0v) is 10.2. The number of hydrogen-bond donors (Lipinski definition) is 2. The topological polar surface area (TPSA) is 87.2 Å². The minimum Gasteiger partial charge on any atom is -0.477 e. The SMILES string of the molecule is O=C1C=CC(=O)C(c2c(C(=O)O)[nH]c3ccccc23)=C1. The second-order valence-electron chi connectivity index (χ2n) is 4.38. The first-order chi connectivity index (χ1) is 9.58. The van der Waals surface area contributed by atoms with Gasteiger partial charge in [0.15, 0.2) is 11.6 Å². The Labute approximate surface area is 113 Å². The van der Waals surface area contributed by atoms with E-state index in [1.165, 1.54) is 12.2 Å². The standard InChI is InChI=1S/C15H9NO4/c17-8-5-6-12(18)10(7-8)13-9-3-1-2-4-11(9)16-14(13)15(19)20/h1-7,16H,(H,19,20). The summed E-state index contributed by atoms with van der Waals surface area (Å²) in [5, 5.41) is 9.88. The van der Waals surface area contributed by atoms with E-state index >= 15 is 0 Å². The van der Waals surface area contributed by atoms with Crippen LogP contribution in [-0.2, 0) is 9.59 Å². The lowest BCUT2D eigenvalue weighted by Crippen LogP contribution is -2.10. The Balaban J connectivity index is 2.35. The number of carbonyl (C=O) groups is 3. The van der Waals surface area contributed by atoms with Gasteiger partial charge in [0.25, 0.3) is 0 Å². The van der Waals surface area contributed by atoms with Gasteiger partial charge in [0.2, 0.25) is 0 Å². The maximum absolute atomic E-state index is 11.9. The van der Waals surface area contributed by atoms with E-state index in [1.54, 1.807) is 24.3 Å². The Morgan fingerprint density at radius 2 is 1.85 bits per heavy atom. The lowest BCUT2D eigenvalue weighted by atomic mass is 9.94. The Bertz CT molecular complexity index is 824. The van der Waals surface area contributed by atoms with Gasteiger partial charge in [-0.1, -0.05) is 18.2 Å². The van der Waals surface area contributed by atoms with Crippen molar-refractivity contribution in [1.82, 2.24) is 4.98 Å². The third-order valence-electron chi connectivity index (χ3n) is 3.14. The average Bonchev–Trinajstić information content (AvgIpc) is 2.81. The fourth-order valence-corrected chi connectivity index (χ4v) is 2.29. The summed E-state index contributed by atoms with van der Waals surface area (Å²) in [6.45, 7) is 0. The van der Waals surface area contributed by atoms with Gasteiger partial charge in [-0.2, -0.15) is 0 Å². The van der Waals surface area contributed by atoms with E-state index in [0.29, 0.717) is 10.9 Å². The van der Waals surface area contributed by atoms with Crippen LogP contribution >= 0.6 is 0 Å². The summed E-state index contributed by atoms with van der Waals surface area (Å²) in [5.74, 6) is -1.88. The smallest absolute Gasteiger partial charge is 0.352 e. The molecule has 0 aliphatic heterocycles. The predicted molar refractivity (Wildman–Crippen MR) is 72.4 cm³/mol. The summed E-state index contributed by atoms with van der Waals surface area (Å²) in [6, 6.07) is 6.94. The molecule has 2 N–H and O–H groups in total. The normalized spacial score (nSPS) is 14.7. The number of aromatic nitrogens is 1. The minimum absolute atomic E-state index is 0.0890. The molecule has 3 rings (SSSR count). The van der Waals surface area contributed by atoms with Crippen LogP contribution in [-0.4, -0.2) is 27.6 Å². The number of allylic oxidation sites excluding steroid dienone is 4. The molecule has 1 aromatic heterocycles. The molecule has 0 amide bonds. The molecule has 0 atom stereocenters. The molecule has 5 heteroatoms. The average molecular weight is 267 g/mol. The minimum atomic E-state index is -1.17. The van der Waals surface area contributed by atoms with Crippen LogP contribution in [0.3, 0.4) is 0 Å². The molecule has 1 aromatic carbocycles. The Morgan fingerprint density at radius 1 is 1.10 bits per heavy atom. The summed E-state index contributed by atoms with van der Waals surface area (Å²) < 4.78 is 0. The number of benzene rings is 1. The van der Waals surface area contributed by atoms with Crippen molar-refractivity contribution in [3.05, 3.63) is 53.8 Å². The van der Waals surface area contributed by atoms with Crippen molar-refractivity contribution in [2.45, 2.75) is 0 Å². The van der Waals surface area contributed by atoms with Gasteiger partial charge in [0.1, 0.15) is 5.69 Å². The number of ketones is 2. The monoisotopic (exact) mass is 267 g/mol. The molecule has 0 bridgehead atoms. The van der Waals surface area contributed by atoms with Crippen LogP contribution < -0.4 is 0 Å². The van der Waals surface area contributed by atoms with Crippen LogP contribution in [0.2, 0.25) is 0 Å². The number of carboxylic acid groups (broad SMARTS) is 1. The molecule has 5 nitrogen and oxygen atoms in total. The number of nitrogens with one attached hydrogen (secondary N) is 1. The molecule has 0 saturated heterocycles. The molecule has 0 saturated carbocycles. The van der Waals surface area contributed by atoms with Crippen LogP contribution in [0.5, 0.6) is 0 Å². The third-order valence-corrected chi connectivity index (χ3v) is 3.14. The van der Waals surface area contributed by atoms with Crippen molar-refractivity contribution in [3.8, 4) is 0 Å². The van der Waals surface area contributed by atoms with E-state index in [9.17, 15) is 19.5 Å². The number of H-pyrrole nitrogens is 1. The van der Waals surface area contributed by atoms with E-state index in [-0.39, 0.29) is 28.4 Å². The van der Waals surface area contributed by atoms with E-state index in [4.69, 9.17) is 0 Å². The van der Waals surface area contributed by atoms with Gasteiger partial charge in [0, 0.05) is 22.0 Å². The van der Waals surface area contributed by atoms with Crippen molar-refractivity contribution in [2.75, 3.05) is 0 Å². The van der Waals surface area contributed by atoms with Gasteiger partial charge >= 0.3 is 5.97 Å². The molecular formula is C15H9NO4. The number of aromatic carboxylic acids is 1. The maximum Gasteiger partial charge on any atom is 0.352 e. The van der Waals surface area contributed by atoms with Crippen molar-refractivity contribution in [1.29, 1.82) is 0 Å². The lowest BCUT2D eigenvalue weighted by molar-refractivity contribution is -0.113. The first-order valence-corrected chi connectivity index (χ1v) is 5.90. The van der Waals surface area contributed by atoms with E-state index < -0.39 is 5.97 Å². The number of para-hydroxylation sites is 1. The fourth-order valence-electron chi connectivity index (χ4n) is 2.29. The lowest BCUT2D eigenvalue weighted by Gasteiger charge is -2.07. The van der Waals surface area contributed by atoms with Crippen LogP contribution in [0.1, 0.15) is 16.1 Å². The molecule has 0 spiro atoms. The zero-order valence-electron chi connectivity index (χ0n) is 10.2. The van der Waals surface area contributed by atoms with Crippen molar-refractivity contribution in [3.63, 3.8) is 0 Å². The number of fused-ring (bicyclic) bond motifs is 1. The summed E-state index contributed by atoms with van der Waals surface area (Å²) in [6.07, 6.45) is 3.50. The van der Waals surface area contributed by atoms with Crippen LogP contribution in [0.4, 0.5) is 0 Å². The van der Waals surface area contributed by atoms with Gasteiger partial charge < -0.3 is 10.1 Å². The highest BCUT2D eigenvalue weighted by Gasteiger charge is 2.25. The van der Waals surface area contributed by atoms with E-state index in [1.807, 2.05) is 0 Å². The first kappa shape index (κ1) is 12.1. The zero-order chi connectivity index (χ0) is 14.3. The van der Waals surface area contributed by atoms with Crippen molar-refractivity contribution < 1.29 is 19.5 Å². The maximum atomic E-state index is 11.9. The van der Waals surface area contributed by atoms with Crippen molar-refractivity contribution in [2.24, 2.45) is 0 Å². The number of rotatable bonds is 2. The van der Waals surface area contributed by atoms with Crippen LogP contribution in [0.15, 0.2) is 42.5 Å². The van der Waals surface area contributed by atoms with Gasteiger partial charge in [0.05, 0.1) is 0 Å². The largest absolute Gasteiger partial charge is 0.477 e. The van der Waals surface area contributed by atoms with Crippen LogP contribution in [0.25, 0.3) is 16.5 Å². The number of hydrogen-bond acceptors (Lipinski definition) is 3. The highest BCUT2D eigenvalue weighted by Crippen LogP contribution is 2.31. The molecule has 98 valence electrons. The molecule has 0 unspecified atom stereocenters. The quantitative estimate of drug-likeness (QED) is 0.814.